The first-order chi connectivity index (χ1) is 5.27. The molecule has 0 aromatic carbocycles. The smallest absolute Gasteiger partial charge is 0.320 e. The molecule has 2 fully saturated rings. The van der Waals surface area contributed by atoms with Crippen molar-refractivity contribution in [1.82, 2.24) is 5.32 Å². The minimum Gasteiger partial charge on any atom is -0.480 e. The molecular formula is C8H13NO2. The third kappa shape index (κ3) is 1.13. The third-order valence-corrected chi connectivity index (χ3v) is 2.91. The summed E-state index contributed by atoms with van der Waals surface area (Å²) in [6, 6.07) is 0.251. The maximum atomic E-state index is 10.6. The lowest BCUT2D eigenvalue weighted by Crippen LogP contribution is -2.34. The zero-order chi connectivity index (χ0) is 7.84. The second-order valence-electron chi connectivity index (χ2n) is 3.59. The van der Waals surface area contributed by atoms with Crippen LogP contribution in [-0.4, -0.2) is 23.2 Å². The van der Waals surface area contributed by atoms with E-state index in [1.807, 2.05) is 0 Å². The largest absolute Gasteiger partial charge is 0.480 e. The summed E-state index contributed by atoms with van der Waals surface area (Å²) < 4.78 is 0. The molecule has 3 atom stereocenters. The highest BCUT2D eigenvalue weighted by molar-refractivity contribution is 5.74. The van der Waals surface area contributed by atoms with Crippen LogP contribution in [0.2, 0.25) is 0 Å². The van der Waals surface area contributed by atoms with Crippen LogP contribution in [0.3, 0.4) is 0 Å². The van der Waals surface area contributed by atoms with E-state index in [4.69, 9.17) is 5.11 Å². The number of carbonyl (C=O) groups is 1. The Hall–Kier alpha value is -0.570. The van der Waals surface area contributed by atoms with Gasteiger partial charge in [-0.3, -0.25) is 4.79 Å². The molecule has 0 spiro atoms. The van der Waals surface area contributed by atoms with Crippen LogP contribution in [-0.2, 0) is 4.79 Å². The fourth-order valence-corrected chi connectivity index (χ4v) is 2.34. The standard InChI is InChI=1S/C8H13NO2/c10-8(11)7-4-5-2-1-3-6(5)9-7/h5-7,9H,1-4H2,(H,10,11)/t5?,6-,7-/m0/s1. The predicted octanol–water partition coefficient (Wildman–Crippen LogP) is 0.602. The van der Waals surface area contributed by atoms with Crippen LogP contribution in [0.1, 0.15) is 25.7 Å². The normalized spacial score (nSPS) is 42.4. The van der Waals surface area contributed by atoms with Gasteiger partial charge < -0.3 is 10.4 Å². The lowest BCUT2D eigenvalue weighted by Gasteiger charge is -2.07. The van der Waals surface area contributed by atoms with Crippen molar-refractivity contribution >= 4 is 5.97 Å². The minimum absolute atomic E-state index is 0.259. The molecule has 0 radical (unpaired) electrons. The van der Waals surface area contributed by atoms with Crippen LogP contribution in [0, 0.1) is 5.92 Å². The van der Waals surface area contributed by atoms with E-state index in [1.54, 1.807) is 0 Å². The van der Waals surface area contributed by atoms with Crippen molar-refractivity contribution in [3.63, 3.8) is 0 Å². The molecule has 1 unspecified atom stereocenters. The van der Waals surface area contributed by atoms with Gasteiger partial charge in [0.25, 0.3) is 0 Å². The Labute approximate surface area is 65.8 Å². The monoisotopic (exact) mass is 155 g/mol. The van der Waals surface area contributed by atoms with Crippen LogP contribution >= 0.6 is 0 Å². The highest BCUT2D eigenvalue weighted by Crippen LogP contribution is 2.34. The Kier molecular flexibility index (Phi) is 1.60. The Bertz CT molecular complexity index is 169. The van der Waals surface area contributed by atoms with Crippen molar-refractivity contribution in [3.8, 4) is 0 Å². The second-order valence-corrected chi connectivity index (χ2v) is 3.59. The van der Waals surface area contributed by atoms with Gasteiger partial charge >= 0.3 is 5.97 Å². The van der Waals surface area contributed by atoms with Crippen molar-refractivity contribution in [1.29, 1.82) is 0 Å². The van der Waals surface area contributed by atoms with E-state index >= 15 is 0 Å². The Morgan fingerprint density at radius 1 is 1.45 bits per heavy atom. The molecule has 0 aromatic heterocycles. The van der Waals surface area contributed by atoms with Gasteiger partial charge in [0.15, 0.2) is 0 Å². The lowest BCUT2D eigenvalue weighted by atomic mass is 10.0. The molecule has 1 aliphatic heterocycles. The lowest BCUT2D eigenvalue weighted by molar-refractivity contribution is -0.139. The zero-order valence-corrected chi connectivity index (χ0v) is 6.42. The van der Waals surface area contributed by atoms with Crippen molar-refractivity contribution in [2.45, 2.75) is 37.8 Å². The number of carboxylic acid groups (broad SMARTS) is 1. The molecule has 62 valence electrons. The fourth-order valence-electron chi connectivity index (χ4n) is 2.34. The summed E-state index contributed by atoms with van der Waals surface area (Å²) in [6.07, 6.45) is 4.52. The number of hydrogen-bond acceptors (Lipinski definition) is 2. The van der Waals surface area contributed by atoms with Crippen LogP contribution in [0.25, 0.3) is 0 Å². The van der Waals surface area contributed by atoms with E-state index in [9.17, 15) is 4.79 Å². The molecule has 2 rings (SSSR count). The molecule has 3 heteroatoms. The van der Waals surface area contributed by atoms with Gasteiger partial charge in [0.2, 0.25) is 0 Å². The summed E-state index contributed by atoms with van der Waals surface area (Å²) in [7, 11) is 0. The number of rotatable bonds is 1. The van der Waals surface area contributed by atoms with Crippen LogP contribution in [0.4, 0.5) is 0 Å². The van der Waals surface area contributed by atoms with Crippen LogP contribution < -0.4 is 5.32 Å². The predicted molar refractivity (Wildman–Crippen MR) is 40.3 cm³/mol. The molecule has 0 aromatic rings. The molecule has 1 saturated heterocycles. The van der Waals surface area contributed by atoms with Crippen LogP contribution in [0.5, 0.6) is 0 Å². The molecule has 0 bridgehead atoms. The van der Waals surface area contributed by atoms with Crippen molar-refractivity contribution in [2.75, 3.05) is 0 Å². The van der Waals surface area contributed by atoms with E-state index in [2.05, 4.69) is 5.32 Å². The Balaban J connectivity index is 1.99. The molecular weight excluding hydrogens is 142 g/mol. The van der Waals surface area contributed by atoms with Crippen LogP contribution in [0.15, 0.2) is 0 Å². The molecule has 3 nitrogen and oxygen atoms in total. The van der Waals surface area contributed by atoms with Crippen molar-refractivity contribution in [3.05, 3.63) is 0 Å². The first-order valence-electron chi connectivity index (χ1n) is 4.26. The second kappa shape index (κ2) is 2.48. The molecule has 2 aliphatic rings. The van der Waals surface area contributed by atoms with Gasteiger partial charge in [-0.1, -0.05) is 6.42 Å². The van der Waals surface area contributed by atoms with E-state index in [-0.39, 0.29) is 6.04 Å². The fraction of sp³-hybridized carbons (Fsp3) is 0.875. The summed E-state index contributed by atoms with van der Waals surface area (Å²) >= 11 is 0. The van der Waals surface area contributed by atoms with Gasteiger partial charge in [0, 0.05) is 6.04 Å². The van der Waals surface area contributed by atoms with Gasteiger partial charge in [0.05, 0.1) is 0 Å². The Morgan fingerprint density at radius 2 is 2.27 bits per heavy atom. The SMILES string of the molecule is O=C(O)[C@@H]1CC2CCC[C@@H]2N1. The molecule has 0 amide bonds. The summed E-state index contributed by atoms with van der Waals surface area (Å²) in [6.45, 7) is 0. The van der Waals surface area contributed by atoms with Crippen molar-refractivity contribution < 1.29 is 9.90 Å². The zero-order valence-electron chi connectivity index (χ0n) is 6.42. The van der Waals surface area contributed by atoms with E-state index in [0.29, 0.717) is 12.0 Å². The number of aliphatic carboxylic acids is 1. The molecule has 11 heavy (non-hydrogen) atoms. The molecule has 1 saturated carbocycles. The van der Waals surface area contributed by atoms with Gasteiger partial charge in [0.1, 0.15) is 6.04 Å². The average molecular weight is 155 g/mol. The number of hydrogen-bond donors (Lipinski definition) is 2. The quantitative estimate of drug-likeness (QED) is 0.583. The topological polar surface area (TPSA) is 49.3 Å². The van der Waals surface area contributed by atoms with E-state index < -0.39 is 5.97 Å². The van der Waals surface area contributed by atoms with Crippen molar-refractivity contribution in [2.24, 2.45) is 5.92 Å². The first-order valence-corrected chi connectivity index (χ1v) is 4.26. The maximum absolute atomic E-state index is 10.6. The minimum atomic E-state index is -0.681. The highest BCUT2D eigenvalue weighted by Gasteiger charge is 2.39. The number of carboxylic acids is 1. The highest BCUT2D eigenvalue weighted by atomic mass is 16.4. The summed E-state index contributed by atoms with van der Waals surface area (Å²) in [5.74, 6) is -0.0319. The number of nitrogens with one attached hydrogen (secondary N) is 1. The van der Waals surface area contributed by atoms with E-state index in [1.165, 1.54) is 19.3 Å². The molecule has 1 heterocycles. The van der Waals surface area contributed by atoms with E-state index in [0.717, 1.165) is 6.42 Å². The van der Waals surface area contributed by atoms with Gasteiger partial charge in [-0.25, -0.2) is 0 Å². The average Bonchev–Trinajstić information content (AvgIpc) is 2.40. The summed E-state index contributed by atoms with van der Waals surface area (Å²) in [4.78, 5) is 10.6. The van der Waals surface area contributed by atoms with Gasteiger partial charge in [-0.15, -0.1) is 0 Å². The maximum Gasteiger partial charge on any atom is 0.320 e. The molecule has 2 N–H and O–H groups in total. The van der Waals surface area contributed by atoms with Gasteiger partial charge in [-0.2, -0.15) is 0 Å². The first kappa shape index (κ1) is 7.10. The Morgan fingerprint density at radius 3 is 2.91 bits per heavy atom. The molecule has 1 aliphatic carbocycles. The third-order valence-electron chi connectivity index (χ3n) is 2.91. The summed E-state index contributed by atoms with van der Waals surface area (Å²) in [5, 5.41) is 11.9. The summed E-state index contributed by atoms with van der Waals surface area (Å²) in [5.41, 5.74) is 0. The van der Waals surface area contributed by atoms with Gasteiger partial charge in [-0.05, 0) is 25.2 Å². The number of fused-ring (bicyclic) bond motifs is 1.